The average molecular weight is 266 g/mol. The largest absolute Gasteiger partial charge is 0.481 e. The summed E-state index contributed by atoms with van der Waals surface area (Å²) in [5.74, 6) is -0.841. The first-order valence-electron chi connectivity index (χ1n) is 4.42. The predicted octanol–water partition coefficient (Wildman–Crippen LogP) is 2.62. The molecule has 1 aromatic carbocycles. The first-order chi connectivity index (χ1) is 7.16. The number of rotatable bonds is 2. The zero-order chi connectivity index (χ0) is 10.8. The first-order valence-corrected chi connectivity index (χ1v) is 5.21. The van der Waals surface area contributed by atoms with Gasteiger partial charge in [0.1, 0.15) is 0 Å². The number of aliphatic carboxylic acids is 1. The minimum absolute atomic E-state index is 0.00592. The lowest BCUT2D eigenvalue weighted by Crippen LogP contribution is -2.01. The van der Waals surface area contributed by atoms with Crippen molar-refractivity contribution in [3.05, 3.63) is 40.5 Å². The van der Waals surface area contributed by atoms with E-state index in [4.69, 9.17) is 5.11 Å². The van der Waals surface area contributed by atoms with Gasteiger partial charge in [-0.1, -0.05) is 18.2 Å². The number of carboxylic acids is 1. The molecule has 0 radical (unpaired) electrons. The molecular weight excluding hydrogens is 258 g/mol. The summed E-state index contributed by atoms with van der Waals surface area (Å²) in [6.07, 6.45) is 1.68. The fourth-order valence-corrected chi connectivity index (χ4v) is 1.85. The maximum absolute atomic E-state index is 10.6. The van der Waals surface area contributed by atoms with Gasteiger partial charge < -0.3 is 5.11 Å². The average Bonchev–Trinajstić information content (AvgIpc) is 2.16. The molecule has 0 spiro atoms. The summed E-state index contributed by atoms with van der Waals surface area (Å²) in [6.45, 7) is 0. The molecule has 0 aliphatic heterocycles. The van der Waals surface area contributed by atoms with E-state index in [-0.39, 0.29) is 6.42 Å². The van der Waals surface area contributed by atoms with E-state index in [1.54, 1.807) is 12.3 Å². The molecule has 0 bridgehead atoms. The second-order valence-electron chi connectivity index (χ2n) is 3.21. The third-order valence-electron chi connectivity index (χ3n) is 2.10. The molecule has 15 heavy (non-hydrogen) atoms. The van der Waals surface area contributed by atoms with E-state index >= 15 is 0 Å². The van der Waals surface area contributed by atoms with E-state index in [0.717, 1.165) is 20.9 Å². The molecule has 0 amide bonds. The molecule has 0 unspecified atom stereocenters. The van der Waals surface area contributed by atoms with Gasteiger partial charge in [-0.2, -0.15) is 0 Å². The smallest absolute Gasteiger partial charge is 0.307 e. The van der Waals surface area contributed by atoms with Crippen molar-refractivity contribution < 1.29 is 9.90 Å². The standard InChI is InChI=1S/C11H8BrNO2/c12-9-4-7-2-1-3-8(5-10(14)15)11(7)13-6-9/h1-4,6H,5H2,(H,14,15). The van der Waals surface area contributed by atoms with Gasteiger partial charge in [0.05, 0.1) is 11.9 Å². The van der Waals surface area contributed by atoms with Crippen molar-refractivity contribution in [1.82, 2.24) is 4.98 Å². The molecule has 3 nitrogen and oxygen atoms in total. The first kappa shape index (κ1) is 10.1. The number of nitrogens with zero attached hydrogens (tertiary/aromatic N) is 1. The normalized spacial score (nSPS) is 10.5. The minimum Gasteiger partial charge on any atom is -0.481 e. The lowest BCUT2D eigenvalue weighted by atomic mass is 10.1. The van der Waals surface area contributed by atoms with Crippen LogP contribution in [0.1, 0.15) is 5.56 Å². The van der Waals surface area contributed by atoms with Crippen LogP contribution in [0, 0.1) is 0 Å². The van der Waals surface area contributed by atoms with E-state index in [1.807, 2.05) is 18.2 Å². The number of pyridine rings is 1. The van der Waals surface area contributed by atoms with Crippen LogP contribution in [0.25, 0.3) is 10.9 Å². The van der Waals surface area contributed by atoms with E-state index in [0.29, 0.717) is 0 Å². The van der Waals surface area contributed by atoms with E-state index in [9.17, 15) is 4.79 Å². The highest BCUT2D eigenvalue weighted by atomic mass is 79.9. The van der Waals surface area contributed by atoms with Crippen LogP contribution in [0.3, 0.4) is 0 Å². The van der Waals surface area contributed by atoms with E-state index in [2.05, 4.69) is 20.9 Å². The highest BCUT2D eigenvalue weighted by molar-refractivity contribution is 9.10. The summed E-state index contributed by atoms with van der Waals surface area (Å²) in [4.78, 5) is 14.9. The van der Waals surface area contributed by atoms with Crippen molar-refractivity contribution >= 4 is 32.8 Å². The highest BCUT2D eigenvalue weighted by Crippen LogP contribution is 2.20. The van der Waals surface area contributed by atoms with Crippen molar-refractivity contribution in [2.75, 3.05) is 0 Å². The van der Waals surface area contributed by atoms with Crippen LogP contribution in [-0.4, -0.2) is 16.1 Å². The van der Waals surface area contributed by atoms with Gasteiger partial charge in [-0.05, 0) is 27.6 Å². The Kier molecular flexibility index (Phi) is 2.68. The summed E-state index contributed by atoms with van der Waals surface area (Å²) in [5, 5.41) is 9.69. The van der Waals surface area contributed by atoms with Crippen LogP contribution in [0.2, 0.25) is 0 Å². The zero-order valence-corrected chi connectivity index (χ0v) is 9.36. The van der Waals surface area contributed by atoms with Crippen LogP contribution in [0.15, 0.2) is 34.9 Å². The molecule has 2 rings (SSSR count). The molecule has 1 N–H and O–H groups in total. The summed E-state index contributed by atoms with van der Waals surface area (Å²) < 4.78 is 0.891. The lowest BCUT2D eigenvalue weighted by molar-refractivity contribution is -0.136. The minimum atomic E-state index is -0.841. The topological polar surface area (TPSA) is 50.2 Å². The quantitative estimate of drug-likeness (QED) is 0.908. The number of benzene rings is 1. The number of hydrogen-bond donors (Lipinski definition) is 1. The van der Waals surface area contributed by atoms with Gasteiger partial charge in [-0.15, -0.1) is 0 Å². The third-order valence-corrected chi connectivity index (χ3v) is 2.54. The molecule has 0 atom stereocenters. The van der Waals surface area contributed by atoms with Crippen LogP contribution in [0.5, 0.6) is 0 Å². The summed E-state index contributed by atoms with van der Waals surface area (Å²) in [5.41, 5.74) is 1.50. The number of hydrogen-bond acceptors (Lipinski definition) is 2. The molecule has 4 heteroatoms. The Morgan fingerprint density at radius 3 is 3.00 bits per heavy atom. The van der Waals surface area contributed by atoms with Crippen molar-refractivity contribution in [2.45, 2.75) is 6.42 Å². The predicted molar refractivity (Wildman–Crippen MR) is 60.8 cm³/mol. The summed E-state index contributed by atoms with van der Waals surface area (Å²) >= 11 is 3.33. The third kappa shape index (κ3) is 2.15. The van der Waals surface area contributed by atoms with Crippen molar-refractivity contribution in [2.24, 2.45) is 0 Å². The van der Waals surface area contributed by atoms with Crippen LogP contribution in [-0.2, 0) is 11.2 Å². The van der Waals surface area contributed by atoms with E-state index < -0.39 is 5.97 Å². The molecular formula is C11H8BrNO2. The number of para-hydroxylation sites is 1. The molecule has 1 heterocycles. The SMILES string of the molecule is O=C(O)Cc1cccc2cc(Br)cnc12. The van der Waals surface area contributed by atoms with Gasteiger partial charge in [0, 0.05) is 16.1 Å². The lowest BCUT2D eigenvalue weighted by Gasteiger charge is -2.03. The molecule has 0 saturated heterocycles. The summed E-state index contributed by atoms with van der Waals surface area (Å²) in [6, 6.07) is 7.47. The van der Waals surface area contributed by atoms with Crippen LogP contribution >= 0.6 is 15.9 Å². The highest BCUT2D eigenvalue weighted by Gasteiger charge is 2.06. The van der Waals surface area contributed by atoms with Gasteiger partial charge >= 0.3 is 5.97 Å². The molecule has 76 valence electrons. The van der Waals surface area contributed by atoms with Crippen molar-refractivity contribution in [3.8, 4) is 0 Å². The van der Waals surface area contributed by atoms with Crippen molar-refractivity contribution in [1.29, 1.82) is 0 Å². The number of aromatic nitrogens is 1. The molecule has 0 saturated carbocycles. The Hall–Kier alpha value is -1.42. The van der Waals surface area contributed by atoms with Gasteiger partial charge in [-0.3, -0.25) is 9.78 Å². The maximum Gasteiger partial charge on any atom is 0.307 e. The second kappa shape index (κ2) is 3.98. The monoisotopic (exact) mass is 265 g/mol. The number of halogens is 1. The molecule has 0 aliphatic rings. The van der Waals surface area contributed by atoms with Crippen LogP contribution in [0.4, 0.5) is 0 Å². The van der Waals surface area contributed by atoms with Gasteiger partial charge in [0.2, 0.25) is 0 Å². The maximum atomic E-state index is 10.6. The Morgan fingerprint density at radius 2 is 2.27 bits per heavy atom. The second-order valence-corrected chi connectivity index (χ2v) is 4.13. The Balaban J connectivity index is 2.60. The Bertz CT molecular complexity index is 525. The van der Waals surface area contributed by atoms with Gasteiger partial charge in [0.25, 0.3) is 0 Å². The molecule has 0 fully saturated rings. The molecule has 2 aromatic rings. The summed E-state index contributed by atoms with van der Waals surface area (Å²) in [7, 11) is 0. The van der Waals surface area contributed by atoms with Gasteiger partial charge in [-0.25, -0.2) is 0 Å². The Labute approximate surface area is 94.9 Å². The molecule has 1 aromatic heterocycles. The Morgan fingerprint density at radius 1 is 1.47 bits per heavy atom. The van der Waals surface area contributed by atoms with E-state index in [1.165, 1.54) is 0 Å². The zero-order valence-electron chi connectivity index (χ0n) is 7.77. The fourth-order valence-electron chi connectivity index (χ4n) is 1.50. The number of fused-ring (bicyclic) bond motifs is 1. The fraction of sp³-hybridized carbons (Fsp3) is 0.0909. The van der Waals surface area contributed by atoms with Crippen molar-refractivity contribution in [3.63, 3.8) is 0 Å². The van der Waals surface area contributed by atoms with Crippen LogP contribution < -0.4 is 0 Å². The van der Waals surface area contributed by atoms with Gasteiger partial charge in [0.15, 0.2) is 0 Å². The number of carboxylic acid groups (broad SMARTS) is 1. The molecule has 0 aliphatic carbocycles. The number of carbonyl (C=O) groups is 1.